The number of rotatable bonds is 0. The van der Waals surface area contributed by atoms with Crippen LogP contribution in [0.5, 0.6) is 0 Å². The van der Waals surface area contributed by atoms with Crippen molar-refractivity contribution in [2.24, 2.45) is 0 Å². The summed E-state index contributed by atoms with van der Waals surface area (Å²) >= 11 is 0. The van der Waals surface area contributed by atoms with Crippen LogP contribution >= 0.6 is 9.12 Å². The van der Waals surface area contributed by atoms with Crippen LogP contribution in [0.1, 0.15) is 0 Å². The molecule has 0 spiro atoms. The summed E-state index contributed by atoms with van der Waals surface area (Å²) in [6.07, 6.45) is 0. The van der Waals surface area contributed by atoms with Gasteiger partial charge in [0.25, 0.3) is 0 Å². The first kappa shape index (κ1) is 8.94. The van der Waals surface area contributed by atoms with Gasteiger partial charge in [-0.1, -0.05) is 0 Å². The van der Waals surface area contributed by atoms with Crippen LogP contribution in [0, 0.1) is 0 Å². The first-order chi connectivity index (χ1) is 1.41. The molecule has 4 radical (unpaired) electrons. The third kappa shape index (κ3) is 11.0. The molecular formula is H2B2PV. The molecule has 0 rings (SSSR count). The molecule has 0 heterocycles. The van der Waals surface area contributed by atoms with Crippen molar-refractivity contribution in [1.82, 2.24) is 0 Å². The first-order valence-electron chi connectivity index (χ1n) is 0.667. The van der Waals surface area contributed by atoms with Crippen LogP contribution in [-0.2, 0) is 18.6 Å². The van der Waals surface area contributed by atoms with Gasteiger partial charge in [-0.25, -0.2) is 0 Å². The Labute approximate surface area is 42.8 Å². The maximum absolute atomic E-state index is 4.69. The standard InChI is InChI=1S/B2H2P.V/c1-2-3;/h3H2;. The molecule has 0 N–H and O–H groups in total. The minimum Gasteiger partial charge on any atom is -0.188 e. The van der Waals surface area contributed by atoms with Gasteiger partial charge in [-0.2, -0.15) is 9.12 Å². The molecule has 0 bridgehead atoms. The second-order valence-corrected chi connectivity index (χ2v) is 0.577. The van der Waals surface area contributed by atoms with E-state index >= 15 is 0 Å². The Kier molecular flexibility index (Phi) is 19.9. The van der Waals surface area contributed by atoms with E-state index in [1.807, 2.05) is 0 Å². The van der Waals surface area contributed by atoms with Crippen molar-refractivity contribution < 1.29 is 18.6 Å². The van der Waals surface area contributed by atoms with Crippen LogP contribution in [0.15, 0.2) is 0 Å². The van der Waals surface area contributed by atoms with Crippen LogP contribution < -0.4 is 0 Å². The van der Waals surface area contributed by atoms with E-state index in [0.717, 1.165) is 0 Å². The van der Waals surface area contributed by atoms with Gasteiger partial charge in [0.15, 0.2) is 0 Å². The van der Waals surface area contributed by atoms with Gasteiger partial charge in [0.05, 0.1) is 6.89 Å². The molecule has 0 aliphatic rings. The average molecular weight is 106 g/mol. The number of hydrogen-bond donors (Lipinski definition) is 0. The fraction of sp³-hybridized carbons (Fsp3) is 0. The quantitative estimate of drug-likeness (QED) is 0.290. The molecule has 0 aliphatic heterocycles. The van der Waals surface area contributed by atoms with Crippen molar-refractivity contribution >= 4 is 23.7 Å². The first-order valence-corrected chi connectivity index (χ1v) is 1.33. The van der Waals surface area contributed by atoms with E-state index < -0.39 is 0 Å². The van der Waals surface area contributed by atoms with Gasteiger partial charge >= 0.3 is 0 Å². The summed E-state index contributed by atoms with van der Waals surface area (Å²) in [6, 6.07) is 0. The van der Waals surface area contributed by atoms with Crippen molar-refractivity contribution in [3.63, 3.8) is 0 Å². The van der Waals surface area contributed by atoms with Gasteiger partial charge in [-0.15, -0.1) is 0 Å². The van der Waals surface area contributed by atoms with Crippen molar-refractivity contribution in [3.8, 4) is 0 Å². The molecular weight excluding hydrogens is 104 g/mol. The summed E-state index contributed by atoms with van der Waals surface area (Å²) in [6.45, 7) is 1.42. The maximum atomic E-state index is 4.69. The Hall–Kier alpha value is 1.14. The van der Waals surface area contributed by atoms with Crippen molar-refractivity contribution in [2.45, 2.75) is 0 Å². The maximum Gasteiger partial charge on any atom is 0.0825 e. The third-order valence-electron chi connectivity index (χ3n) is 0. The molecule has 18 valence electrons. The summed E-state index contributed by atoms with van der Waals surface area (Å²) in [5.41, 5.74) is 0. The SMILES string of the molecule is [B][B]P.[V]. The van der Waals surface area contributed by atoms with Gasteiger partial charge in [0.1, 0.15) is 0 Å². The van der Waals surface area contributed by atoms with Crippen LogP contribution in [0.2, 0.25) is 0 Å². The Bertz CT molecular complexity index is 6.00. The molecule has 1 unspecified atom stereocenters. The minimum atomic E-state index is 0. The smallest absolute Gasteiger partial charge is 0.0825 e. The van der Waals surface area contributed by atoms with Gasteiger partial charge in [0.2, 0.25) is 0 Å². The molecule has 0 fully saturated rings. The topological polar surface area (TPSA) is 0 Å². The Morgan fingerprint density at radius 2 is 1.75 bits per heavy atom. The zero-order valence-corrected chi connectivity index (χ0v) is 4.73. The van der Waals surface area contributed by atoms with Crippen LogP contribution in [0.3, 0.4) is 0 Å². The van der Waals surface area contributed by atoms with E-state index in [2.05, 4.69) is 16.9 Å². The van der Waals surface area contributed by atoms with Crippen molar-refractivity contribution in [2.75, 3.05) is 0 Å². The van der Waals surface area contributed by atoms with E-state index in [4.69, 9.17) is 0 Å². The fourth-order valence-electron chi connectivity index (χ4n) is 0. The second-order valence-electron chi connectivity index (χ2n) is 0.192. The Morgan fingerprint density at radius 1 is 1.75 bits per heavy atom. The van der Waals surface area contributed by atoms with E-state index in [1.54, 1.807) is 0 Å². The summed E-state index contributed by atoms with van der Waals surface area (Å²) in [5.74, 6) is 0. The van der Waals surface area contributed by atoms with E-state index in [-0.39, 0.29) is 18.6 Å². The summed E-state index contributed by atoms with van der Waals surface area (Å²) in [5, 5.41) is 0. The molecule has 0 amide bonds. The molecule has 0 nitrogen and oxygen atoms in total. The zero-order valence-electron chi connectivity index (χ0n) is 2.18. The van der Waals surface area contributed by atoms with Gasteiger partial charge in [0, 0.05) is 26.3 Å². The summed E-state index contributed by atoms with van der Waals surface area (Å²) < 4.78 is 0. The third-order valence-corrected chi connectivity index (χ3v) is 0. The molecule has 0 aromatic carbocycles. The predicted molar refractivity (Wildman–Crippen MR) is 21.2 cm³/mol. The predicted octanol–water partition coefficient (Wildman–Crippen LogP) is -0.438. The van der Waals surface area contributed by atoms with Crippen LogP contribution in [0.25, 0.3) is 0 Å². The largest absolute Gasteiger partial charge is 0.188 e. The van der Waals surface area contributed by atoms with Crippen molar-refractivity contribution in [1.29, 1.82) is 0 Å². The van der Waals surface area contributed by atoms with Gasteiger partial charge in [-0.3, -0.25) is 0 Å². The van der Waals surface area contributed by atoms with E-state index in [1.165, 1.54) is 6.89 Å². The Balaban J connectivity index is 0. The monoisotopic (exact) mass is 106 g/mol. The number of hydrogen-bond acceptors (Lipinski definition) is 0. The molecule has 4 heteroatoms. The summed E-state index contributed by atoms with van der Waals surface area (Å²) in [4.78, 5) is 0. The normalized spacial score (nSPS) is 3.25. The molecule has 0 saturated heterocycles. The fourth-order valence-corrected chi connectivity index (χ4v) is 0. The molecule has 1 atom stereocenters. The Morgan fingerprint density at radius 3 is 1.75 bits per heavy atom. The van der Waals surface area contributed by atoms with Crippen molar-refractivity contribution in [3.05, 3.63) is 0 Å². The molecule has 4 heavy (non-hydrogen) atoms. The van der Waals surface area contributed by atoms with Crippen LogP contribution in [0.4, 0.5) is 0 Å². The second kappa shape index (κ2) is 8.91. The van der Waals surface area contributed by atoms with E-state index in [0.29, 0.717) is 0 Å². The van der Waals surface area contributed by atoms with Gasteiger partial charge < -0.3 is 0 Å². The molecule has 0 aromatic rings. The molecule has 0 aliphatic carbocycles. The van der Waals surface area contributed by atoms with Gasteiger partial charge in [-0.05, 0) is 0 Å². The zero-order chi connectivity index (χ0) is 2.71. The molecule has 0 aromatic heterocycles. The van der Waals surface area contributed by atoms with Crippen LogP contribution in [-0.4, -0.2) is 14.6 Å². The van der Waals surface area contributed by atoms with E-state index in [9.17, 15) is 0 Å². The molecule has 0 saturated carbocycles. The minimum absolute atomic E-state index is 0. The average Bonchev–Trinajstić information content (AvgIpc) is 0.918. The summed E-state index contributed by atoms with van der Waals surface area (Å²) in [7, 11) is 6.92.